The molecule has 40 valence electrons. The first kappa shape index (κ1) is 6.52. The quantitative estimate of drug-likeness (QED) is 0.505. The SMILES string of the molecule is C#CC[C@@H](N)CC. The molecule has 0 amide bonds. The zero-order valence-corrected chi connectivity index (χ0v) is 4.65. The zero-order chi connectivity index (χ0) is 5.70. The largest absolute Gasteiger partial charge is 0.327 e. The van der Waals surface area contributed by atoms with Gasteiger partial charge >= 0.3 is 0 Å². The maximum Gasteiger partial charge on any atom is 0.0238 e. The van der Waals surface area contributed by atoms with E-state index in [1.807, 2.05) is 6.92 Å². The molecular weight excluding hydrogens is 86.1 g/mol. The summed E-state index contributed by atoms with van der Waals surface area (Å²) in [6.45, 7) is 2.03. The molecule has 0 aliphatic rings. The summed E-state index contributed by atoms with van der Waals surface area (Å²) in [5.74, 6) is 2.49. The predicted octanol–water partition coefficient (Wildman–Crippen LogP) is 0.747. The van der Waals surface area contributed by atoms with Crippen LogP contribution in [0.2, 0.25) is 0 Å². The lowest BCUT2D eigenvalue weighted by molar-refractivity contribution is 0.669. The fraction of sp³-hybridized carbons (Fsp3) is 0.667. The van der Waals surface area contributed by atoms with Crippen LogP contribution in [0.5, 0.6) is 0 Å². The van der Waals surface area contributed by atoms with Crippen molar-refractivity contribution in [1.29, 1.82) is 0 Å². The van der Waals surface area contributed by atoms with Gasteiger partial charge in [0.2, 0.25) is 0 Å². The van der Waals surface area contributed by atoms with E-state index in [9.17, 15) is 0 Å². The van der Waals surface area contributed by atoms with Crippen molar-refractivity contribution in [3.63, 3.8) is 0 Å². The van der Waals surface area contributed by atoms with Gasteiger partial charge in [-0.2, -0.15) is 0 Å². The van der Waals surface area contributed by atoms with Gasteiger partial charge < -0.3 is 5.73 Å². The summed E-state index contributed by atoms with van der Waals surface area (Å²) in [7, 11) is 0. The van der Waals surface area contributed by atoms with Crippen molar-refractivity contribution in [3.05, 3.63) is 0 Å². The number of hydrogen-bond acceptors (Lipinski definition) is 1. The van der Waals surface area contributed by atoms with Crippen LogP contribution in [0, 0.1) is 12.3 Å². The third kappa shape index (κ3) is 3.35. The minimum atomic E-state index is 0.213. The highest BCUT2D eigenvalue weighted by atomic mass is 14.6. The second-order valence-corrected chi connectivity index (χ2v) is 1.58. The molecule has 1 heteroatoms. The van der Waals surface area contributed by atoms with E-state index in [4.69, 9.17) is 12.2 Å². The van der Waals surface area contributed by atoms with Crippen molar-refractivity contribution in [1.82, 2.24) is 0 Å². The van der Waals surface area contributed by atoms with Gasteiger partial charge in [0.25, 0.3) is 0 Å². The third-order valence-electron chi connectivity index (χ3n) is 0.904. The molecule has 0 rings (SSSR count). The van der Waals surface area contributed by atoms with Crippen LogP contribution in [0.15, 0.2) is 0 Å². The van der Waals surface area contributed by atoms with Crippen LogP contribution in [0.25, 0.3) is 0 Å². The summed E-state index contributed by atoms with van der Waals surface area (Å²) in [5.41, 5.74) is 5.44. The summed E-state index contributed by atoms with van der Waals surface area (Å²) >= 11 is 0. The van der Waals surface area contributed by atoms with Crippen molar-refractivity contribution >= 4 is 0 Å². The Labute approximate surface area is 44.9 Å². The fourth-order valence-electron chi connectivity index (χ4n) is 0.296. The number of rotatable bonds is 2. The predicted molar refractivity (Wildman–Crippen MR) is 31.7 cm³/mol. The molecule has 0 spiro atoms. The lowest BCUT2D eigenvalue weighted by Gasteiger charge is -1.99. The third-order valence-corrected chi connectivity index (χ3v) is 0.904. The summed E-state index contributed by atoms with van der Waals surface area (Å²) in [6.07, 6.45) is 6.66. The van der Waals surface area contributed by atoms with E-state index in [1.54, 1.807) is 0 Å². The van der Waals surface area contributed by atoms with Crippen LogP contribution < -0.4 is 5.73 Å². The van der Waals surface area contributed by atoms with Gasteiger partial charge in [0.15, 0.2) is 0 Å². The molecule has 0 fully saturated rings. The van der Waals surface area contributed by atoms with Gasteiger partial charge in [-0.1, -0.05) is 6.92 Å². The molecule has 0 aromatic rings. The first-order valence-electron chi connectivity index (χ1n) is 2.50. The fourth-order valence-corrected chi connectivity index (χ4v) is 0.296. The standard InChI is InChI=1S/C6H11N/c1-3-5-6(7)4-2/h1,6H,4-5,7H2,2H3/t6-/m0/s1. The van der Waals surface area contributed by atoms with Crippen molar-refractivity contribution in [2.75, 3.05) is 0 Å². The molecule has 2 N–H and O–H groups in total. The number of terminal acetylenes is 1. The van der Waals surface area contributed by atoms with Crippen molar-refractivity contribution in [3.8, 4) is 12.3 Å². The molecular formula is C6H11N. The minimum absolute atomic E-state index is 0.213. The average molecular weight is 97.2 g/mol. The Hall–Kier alpha value is -0.480. The van der Waals surface area contributed by atoms with E-state index in [2.05, 4.69) is 5.92 Å². The van der Waals surface area contributed by atoms with Crippen LogP contribution >= 0.6 is 0 Å². The summed E-state index contributed by atoms with van der Waals surface area (Å²) in [5, 5.41) is 0. The second-order valence-electron chi connectivity index (χ2n) is 1.58. The van der Waals surface area contributed by atoms with Crippen LogP contribution in [0.1, 0.15) is 19.8 Å². The molecule has 7 heavy (non-hydrogen) atoms. The molecule has 1 nitrogen and oxygen atoms in total. The molecule has 1 atom stereocenters. The molecule has 0 aliphatic carbocycles. The van der Waals surface area contributed by atoms with Gasteiger partial charge in [-0.15, -0.1) is 12.3 Å². The number of nitrogens with two attached hydrogens (primary N) is 1. The second kappa shape index (κ2) is 3.70. The minimum Gasteiger partial charge on any atom is -0.327 e. The highest BCUT2D eigenvalue weighted by Gasteiger charge is 1.91. The average Bonchev–Trinajstić information content (AvgIpc) is 1.68. The topological polar surface area (TPSA) is 26.0 Å². The Morgan fingerprint density at radius 2 is 2.43 bits per heavy atom. The lowest BCUT2D eigenvalue weighted by Crippen LogP contribution is -2.16. The van der Waals surface area contributed by atoms with Crippen molar-refractivity contribution in [2.24, 2.45) is 5.73 Å². The summed E-state index contributed by atoms with van der Waals surface area (Å²) < 4.78 is 0. The lowest BCUT2D eigenvalue weighted by atomic mass is 10.2. The van der Waals surface area contributed by atoms with Gasteiger partial charge in [-0.25, -0.2) is 0 Å². The molecule has 0 aliphatic heterocycles. The number of hydrogen-bond donors (Lipinski definition) is 1. The molecule has 0 unspecified atom stereocenters. The Kier molecular flexibility index (Phi) is 3.45. The molecule has 0 aromatic heterocycles. The molecule has 0 saturated heterocycles. The normalized spacial score (nSPS) is 12.7. The first-order chi connectivity index (χ1) is 3.31. The molecule has 0 saturated carbocycles. The van der Waals surface area contributed by atoms with E-state index in [1.165, 1.54) is 0 Å². The highest BCUT2D eigenvalue weighted by molar-refractivity contribution is 4.87. The Bertz CT molecular complexity index is 70.7. The Balaban J connectivity index is 3.03. The monoisotopic (exact) mass is 97.1 g/mol. The van der Waals surface area contributed by atoms with E-state index in [-0.39, 0.29) is 6.04 Å². The maximum absolute atomic E-state index is 5.44. The smallest absolute Gasteiger partial charge is 0.0238 e. The van der Waals surface area contributed by atoms with E-state index < -0.39 is 0 Å². The van der Waals surface area contributed by atoms with E-state index in [0.717, 1.165) is 6.42 Å². The Morgan fingerprint density at radius 3 is 2.57 bits per heavy atom. The van der Waals surface area contributed by atoms with E-state index >= 15 is 0 Å². The molecule has 0 heterocycles. The maximum atomic E-state index is 5.44. The Morgan fingerprint density at radius 1 is 1.86 bits per heavy atom. The summed E-state index contributed by atoms with van der Waals surface area (Å²) in [6, 6.07) is 0.213. The van der Waals surface area contributed by atoms with Crippen molar-refractivity contribution < 1.29 is 0 Å². The van der Waals surface area contributed by atoms with Crippen LogP contribution in [0.4, 0.5) is 0 Å². The highest BCUT2D eigenvalue weighted by Crippen LogP contribution is 1.88. The van der Waals surface area contributed by atoms with Gasteiger partial charge in [-0.05, 0) is 6.42 Å². The molecule has 0 bridgehead atoms. The summed E-state index contributed by atoms with van der Waals surface area (Å²) in [4.78, 5) is 0. The molecule has 0 radical (unpaired) electrons. The van der Waals surface area contributed by atoms with Gasteiger partial charge in [0.05, 0.1) is 0 Å². The molecule has 0 aromatic carbocycles. The first-order valence-corrected chi connectivity index (χ1v) is 2.50. The zero-order valence-electron chi connectivity index (χ0n) is 4.65. The van der Waals surface area contributed by atoms with Gasteiger partial charge in [0, 0.05) is 12.5 Å². The van der Waals surface area contributed by atoms with Crippen LogP contribution in [-0.2, 0) is 0 Å². The van der Waals surface area contributed by atoms with Gasteiger partial charge in [-0.3, -0.25) is 0 Å². The van der Waals surface area contributed by atoms with E-state index in [0.29, 0.717) is 6.42 Å². The van der Waals surface area contributed by atoms with Gasteiger partial charge in [0.1, 0.15) is 0 Å². The van der Waals surface area contributed by atoms with Crippen LogP contribution in [-0.4, -0.2) is 6.04 Å². The van der Waals surface area contributed by atoms with Crippen LogP contribution in [0.3, 0.4) is 0 Å². The van der Waals surface area contributed by atoms with Crippen molar-refractivity contribution in [2.45, 2.75) is 25.8 Å².